The Morgan fingerprint density at radius 3 is 2.84 bits per heavy atom. The van der Waals surface area contributed by atoms with Crippen LogP contribution < -0.4 is 4.74 Å². The highest BCUT2D eigenvalue weighted by atomic mass is 79.9. The lowest BCUT2D eigenvalue weighted by molar-refractivity contribution is 0.0849. The third kappa shape index (κ3) is 2.36. The van der Waals surface area contributed by atoms with Crippen molar-refractivity contribution in [2.45, 2.75) is 12.5 Å². The van der Waals surface area contributed by atoms with Gasteiger partial charge in [0.05, 0.1) is 12.0 Å². The average Bonchev–Trinajstić information content (AvgIpc) is 2.39. The number of ether oxygens (including phenoxy) is 1. The fraction of sp³-hybridized carbons (Fsp3) is 0.133. The number of halogens is 1. The Hall–Kier alpha value is -1.81. The van der Waals surface area contributed by atoms with E-state index in [0.29, 0.717) is 11.3 Å². The average molecular weight is 319 g/mol. The third-order valence-corrected chi connectivity index (χ3v) is 3.62. The van der Waals surface area contributed by atoms with Crippen molar-refractivity contribution in [3.05, 3.63) is 58.1 Å². The molecule has 1 atom stereocenters. The number of ketones is 1. The summed E-state index contributed by atoms with van der Waals surface area (Å²) in [6.45, 7) is 0. The van der Waals surface area contributed by atoms with Crippen molar-refractivity contribution >= 4 is 21.7 Å². The van der Waals surface area contributed by atoms with Crippen LogP contribution in [-0.2, 0) is 0 Å². The molecule has 19 heavy (non-hydrogen) atoms. The van der Waals surface area contributed by atoms with Crippen LogP contribution in [0.4, 0.5) is 0 Å². The monoisotopic (exact) mass is 318 g/mol. The first-order valence-corrected chi connectivity index (χ1v) is 6.71. The first kappa shape index (κ1) is 12.2. The van der Waals surface area contributed by atoms with Gasteiger partial charge >= 0.3 is 0 Å². The number of carbonyl (C=O) groups is 1. The molecule has 3 nitrogen and oxygen atoms in total. The Morgan fingerprint density at radius 1 is 1.21 bits per heavy atom. The van der Waals surface area contributed by atoms with Gasteiger partial charge in [-0.2, -0.15) is 0 Å². The quantitative estimate of drug-likeness (QED) is 0.868. The lowest BCUT2D eigenvalue weighted by Crippen LogP contribution is -2.20. The van der Waals surface area contributed by atoms with Crippen LogP contribution in [0.3, 0.4) is 0 Å². The summed E-state index contributed by atoms with van der Waals surface area (Å²) in [5.74, 6) is 0.595. The number of hydrogen-bond acceptors (Lipinski definition) is 3. The molecule has 0 aromatic heterocycles. The number of carbonyl (C=O) groups excluding carboxylic acids is 1. The first-order chi connectivity index (χ1) is 9.13. The van der Waals surface area contributed by atoms with Crippen molar-refractivity contribution in [2.75, 3.05) is 0 Å². The second-order valence-electron chi connectivity index (χ2n) is 4.47. The molecule has 1 N–H and O–H groups in total. The van der Waals surface area contributed by atoms with Crippen molar-refractivity contribution in [1.29, 1.82) is 0 Å². The van der Waals surface area contributed by atoms with Crippen LogP contribution in [0, 0.1) is 0 Å². The van der Waals surface area contributed by atoms with Crippen LogP contribution in [-0.4, -0.2) is 10.9 Å². The van der Waals surface area contributed by atoms with Gasteiger partial charge in [0.2, 0.25) is 0 Å². The summed E-state index contributed by atoms with van der Waals surface area (Å²) >= 11 is 3.41. The van der Waals surface area contributed by atoms with Crippen LogP contribution in [0.2, 0.25) is 0 Å². The highest BCUT2D eigenvalue weighted by molar-refractivity contribution is 9.10. The minimum absolute atomic E-state index is 0.0119. The number of benzene rings is 2. The predicted molar refractivity (Wildman–Crippen MR) is 74.6 cm³/mol. The summed E-state index contributed by atoms with van der Waals surface area (Å²) in [4.78, 5) is 12.1. The summed E-state index contributed by atoms with van der Waals surface area (Å²) in [7, 11) is 0. The second kappa shape index (κ2) is 4.70. The minimum Gasteiger partial charge on any atom is -0.508 e. The van der Waals surface area contributed by atoms with Gasteiger partial charge in [0.15, 0.2) is 5.78 Å². The van der Waals surface area contributed by atoms with Gasteiger partial charge < -0.3 is 9.84 Å². The molecule has 96 valence electrons. The van der Waals surface area contributed by atoms with Gasteiger partial charge in [-0.3, -0.25) is 4.79 Å². The summed E-state index contributed by atoms with van der Waals surface area (Å²) in [5, 5.41) is 9.41. The molecule has 0 amide bonds. The van der Waals surface area contributed by atoms with Gasteiger partial charge in [0.25, 0.3) is 0 Å². The van der Waals surface area contributed by atoms with Gasteiger partial charge in [-0.15, -0.1) is 0 Å². The zero-order chi connectivity index (χ0) is 13.4. The molecule has 0 aliphatic carbocycles. The van der Waals surface area contributed by atoms with Crippen molar-refractivity contribution < 1.29 is 14.6 Å². The molecule has 0 spiro atoms. The predicted octanol–water partition coefficient (Wildman–Crippen LogP) is 3.86. The summed E-state index contributed by atoms with van der Waals surface area (Å²) in [6.07, 6.45) is 0.00874. The minimum atomic E-state index is -0.276. The molecule has 1 unspecified atom stereocenters. The Kier molecular flexibility index (Phi) is 3.03. The zero-order valence-corrected chi connectivity index (χ0v) is 11.6. The number of rotatable bonds is 1. The number of phenolic OH excluding ortho intramolecular Hbond substituents is 1. The van der Waals surface area contributed by atoms with Gasteiger partial charge in [0, 0.05) is 4.47 Å². The molecule has 1 aliphatic rings. The molecular formula is C15H11BrO3. The van der Waals surface area contributed by atoms with E-state index in [0.717, 1.165) is 10.0 Å². The highest BCUT2D eigenvalue weighted by Crippen LogP contribution is 2.36. The fourth-order valence-electron chi connectivity index (χ4n) is 2.20. The van der Waals surface area contributed by atoms with Crippen molar-refractivity contribution in [1.82, 2.24) is 0 Å². The van der Waals surface area contributed by atoms with Gasteiger partial charge in [0.1, 0.15) is 17.6 Å². The molecular weight excluding hydrogens is 308 g/mol. The SMILES string of the molecule is O=C1CC(c2cccc(Br)c2)Oc2ccc(O)cc21. The van der Waals surface area contributed by atoms with E-state index in [1.54, 1.807) is 6.07 Å². The molecule has 2 aromatic carbocycles. The summed E-state index contributed by atoms with van der Waals surface area (Å²) in [5.41, 5.74) is 1.41. The van der Waals surface area contributed by atoms with E-state index < -0.39 is 0 Å². The molecule has 0 radical (unpaired) electrons. The standard InChI is InChI=1S/C15H11BrO3/c16-10-3-1-2-9(6-10)15-8-13(18)12-7-11(17)4-5-14(12)19-15/h1-7,15,17H,8H2. The van der Waals surface area contributed by atoms with E-state index in [-0.39, 0.29) is 24.1 Å². The third-order valence-electron chi connectivity index (χ3n) is 3.12. The summed E-state index contributed by atoms with van der Waals surface area (Å²) in [6, 6.07) is 12.3. The molecule has 4 heteroatoms. The normalized spacial score (nSPS) is 17.7. The first-order valence-electron chi connectivity index (χ1n) is 5.92. The van der Waals surface area contributed by atoms with E-state index in [2.05, 4.69) is 15.9 Å². The molecule has 2 aromatic rings. The Bertz CT molecular complexity index is 652. The number of phenols is 1. The zero-order valence-electron chi connectivity index (χ0n) is 9.97. The molecule has 1 heterocycles. The molecule has 0 saturated heterocycles. The lowest BCUT2D eigenvalue weighted by Gasteiger charge is -2.25. The number of hydrogen-bond donors (Lipinski definition) is 1. The van der Waals surface area contributed by atoms with Crippen LogP contribution in [0.5, 0.6) is 11.5 Å². The van der Waals surface area contributed by atoms with Gasteiger partial charge in [-0.1, -0.05) is 28.1 Å². The van der Waals surface area contributed by atoms with Crippen molar-refractivity contribution in [3.63, 3.8) is 0 Å². The van der Waals surface area contributed by atoms with E-state index >= 15 is 0 Å². The molecule has 0 saturated carbocycles. The van der Waals surface area contributed by atoms with E-state index in [1.165, 1.54) is 12.1 Å². The second-order valence-corrected chi connectivity index (χ2v) is 5.38. The topological polar surface area (TPSA) is 46.5 Å². The van der Waals surface area contributed by atoms with E-state index in [4.69, 9.17) is 4.74 Å². The van der Waals surface area contributed by atoms with Crippen molar-refractivity contribution in [3.8, 4) is 11.5 Å². The smallest absolute Gasteiger partial charge is 0.170 e. The maximum Gasteiger partial charge on any atom is 0.170 e. The molecule has 3 rings (SSSR count). The van der Waals surface area contributed by atoms with E-state index in [9.17, 15) is 9.90 Å². The summed E-state index contributed by atoms with van der Waals surface area (Å²) < 4.78 is 6.80. The maximum absolute atomic E-state index is 12.1. The molecule has 0 fully saturated rings. The Labute approximate surface area is 119 Å². The lowest BCUT2D eigenvalue weighted by atomic mass is 9.96. The van der Waals surface area contributed by atoms with Crippen molar-refractivity contribution in [2.24, 2.45) is 0 Å². The maximum atomic E-state index is 12.1. The molecule has 1 aliphatic heterocycles. The van der Waals surface area contributed by atoms with Crippen LogP contribution in [0.1, 0.15) is 28.4 Å². The molecule has 0 bridgehead atoms. The van der Waals surface area contributed by atoms with Crippen LogP contribution in [0.15, 0.2) is 46.9 Å². The highest BCUT2D eigenvalue weighted by Gasteiger charge is 2.27. The van der Waals surface area contributed by atoms with Crippen LogP contribution >= 0.6 is 15.9 Å². The largest absolute Gasteiger partial charge is 0.508 e. The number of aromatic hydroxyl groups is 1. The fourth-order valence-corrected chi connectivity index (χ4v) is 2.62. The number of fused-ring (bicyclic) bond motifs is 1. The van der Waals surface area contributed by atoms with Gasteiger partial charge in [-0.05, 0) is 35.9 Å². The van der Waals surface area contributed by atoms with E-state index in [1.807, 2.05) is 24.3 Å². The van der Waals surface area contributed by atoms with Crippen LogP contribution in [0.25, 0.3) is 0 Å². The Morgan fingerprint density at radius 2 is 2.05 bits per heavy atom. The van der Waals surface area contributed by atoms with Gasteiger partial charge in [-0.25, -0.2) is 0 Å². The number of Topliss-reactive ketones (excluding diaryl/α,β-unsaturated/α-hetero) is 1. The Balaban J connectivity index is 1.97.